The summed E-state index contributed by atoms with van der Waals surface area (Å²) in [4.78, 5) is 4.67. The lowest BCUT2D eigenvalue weighted by Crippen LogP contribution is -2.22. The van der Waals surface area contributed by atoms with Gasteiger partial charge in [0.05, 0.1) is 11.1 Å². The topological polar surface area (TPSA) is 43.4 Å². The van der Waals surface area contributed by atoms with Gasteiger partial charge in [-0.05, 0) is 53.4 Å². The molecule has 1 unspecified atom stereocenters. The highest BCUT2D eigenvalue weighted by molar-refractivity contribution is 7.09. The lowest BCUT2D eigenvalue weighted by molar-refractivity contribution is 0.174. The van der Waals surface area contributed by atoms with E-state index in [9.17, 15) is 0 Å². The summed E-state index contributed by atoms with van der Waals surface area (Å²) < 4.78 is 10.8. The summed E-state index contributed by atoms with van der Waals surface area (Å²) in [7, 11) is 0. The van der Waals surface area contributed by atoms with Crippen LogP contribution in [0.1, 0.15) is 27.9 Å². The number of halogens is 1. The van der Waals surface area contributed by atoms with E-state index < -0.39 is 0 Å². The number of rotatable bonds is 6. The van der Waals surface area contributed by atoms with Gasteiger partial charge in [0, 0.05) is 17.6 Å². The molecule has 0 radical (unpaired) electrons. The number of hydrogen-bond acceptors (Lipinski definition) is 6. The lowest BCUT2D eigenvalue weighted by atomic mass is 10.1. The van der Waals surface area contributed by atoms with Crippen LogP contribution in [0.4, 0.5) is 0 Å². The number of hydrogen-bond donors (Lipinski definition) is 1. The van der Waals surface area contributed by atoms with Crippen LogP contribution >= 0.6 is 34.3 Å². The normalized spacial score (nSPS) is 14.0. The predicted octanol–water partition coefficient (Wildman–Crippen LogP) is 4.97. The van der Waals surface area contributed by atoms with Crippen LogP contribution in [0.25, 0.3) is 0 Å². The molecule has 25 heavy (non-hydrogen) atoms. The second-order valence-electron chi connectivity index (χ2n) is 5.91. The minimum atomic E-state index is 0.164. The molecule has 0 spiro atoms. The largest absolute Gasteiger partial charge is 0.454 e. The minimum Gasteiger partial charge on any atom is -0.454 e. The molecule has 3 heterocycles. The van der Waals surface area contributed by atoms with Crippen molar-refractivity contribution in [1.29, 1.82) is 0 Å². The zero-order valence-electron chi connectivity index (χ0n) is 13.6. The molecule has 1 N–H and O–H groups in total. The van der Waals surface area contributed by atoms with Gasteiger partial charge in [0.25, 0.3) is 0 Å². The molecule has 1 atom stereocenters. The zero-order valence-corrected chi connectivity index (χ0v) is 16.0. The first-order valence-corrected chi connectivity index (χ1v) is 10.1. The summed E-state index contributed by atoms with van der Waals surface area (Å²) in [5.74, 6) is 1.35. The van der Waals surface area contributed by atoms with Crippen molar-refractivity contribution in [3.8, 4) is 11.5 Å². The van der Waals surface area contributed by atoms with Crippen LogP contribution in [0.5, 0.6) is 11.5 Å². The van der Waals surface area contributed by atoms with Gasteiger partial charge in [-0.25, -0.2) is 4.98 Å². The molecule has 2 aromatic heterocycles. The number of aromatic nitrogens is 1. The van der Waals surface area contributed by atoms with Crippen LogP contribution in [0.2, 0.25) is 5.02 Å². The number of ether oxygens (including phenoxy) is 2. The molecule has 7 heteroatoms. The van der Waals surface area contributed by atoms with Crippen molar-refractivity contribution in [2.24, 2.45) is 0 Å². The number of thiazole rings is 1. The Kier molecular flexibility index (Phi) is 4.94. The van der Waals surface area contributed by atoms with E-state index in [0.29, 0.717) is 23.1 Å². The van der Waals surface area contributed by atoms with E-state index >= 15 is 0 Å². The Labute approximate surface area is 159 Å². The molecule has 0 aliphatic carbocycles. The highest BCUT2D eigenvalue weighted by Crippen LogP contribution is 2.39. The SMILES string of the molecule is Cc1csc(C(Cc2ccsc2)NCc2cc(Cl)c3c(c2)OCO3)n1. The van der Waals surface area contributed by atoms with Crippen molar-refractivity contribution >= 4 is 34.3 Å². The third-order valence-electron chi connectivity index (χ3n) is 3.99. The second-order valence-corrected chi connectivity index (χ2v) is 7.98. The minimum absolute atomic E-state index is 0.164. The van der Waals surface area contributed by atoms with E-state index in [1.807, 2.05) is 19.1 Å². The number of nitrogens with one attached hydrogen (secondary N) is 1. The van der Waals surface area contributed by atoms with E-state index in [1.165, 1.54) is 5.56 Å². The van der Waals surface area contributed by atoms with Crippen LogP contribution in [-0.4, -0.2) is 11.8 Å². The van der Waals surface area contributed by atoms with Crippen molar-refractivity contribution < 1.29 is 9.47 Å². The number of nitrogens with zero attached hydrogens (tertiary/aromatic N) is 1. The van der Waals surface area contributed by atoms with E-state index in [1.54, 1.807) is 22.7 Å². The van der Waals surface area contributed by atoms with Gasteiger partial charge in [-0.1, -0.05) is 11.6 Å². The van der Waals surface area contributed by atoms with E-state index in [0.717, 1.165) is 22.7 Å². The van der Waals surface area contributed by atoms with Gasteiger partial charge in [0.15, 0.2) is 11.5 Å². The summed E-state index contributed by atoms with van der Waals surface area (Å²) in [5, 5.41) is 11.7. The molecule has 4 nitrogen and oxygen atoms in total. The van der Waals surface area contributed by atoms with Gasteiger partial charge in [0.2, 0.25) is 6.79 Å². The summed E-state index contributed by atoms with van der Waals surface area (Å²) >= 11 is 9.70. The van der Waals surface area contributed by atoms with E-state index in [-0.39, 0.29) is 12.8 Å². The molecular formula is C18H17ClN2O2S2. The summed E-state index contributed by atoms with van der Waals surface area (Å²) in [6.45, 7) is 2.94. The third kappa shape index (κ3) is 3.82. The molecule has 1 aromatic carbocycles. The fraction of sp³-hybridized carbons (Fsp3) is 0.278. The predicted molar refractivity (Wildman–Crippen MR) is 102 cm³/mol. The molecular weight excluding hydrogens is 376 g/mol. The van der Waals surface area contributed by atoms with Crippen molar-refractivity contribution in [3.63, 3.8) is 0 Å². The first-order valence-electron chi connectivity index (χ1n) is 7.93. The van der Waals surface area contributed by atoms with Gasteiger partial charge < -0.3 is 14.8 Å². The molecule has 0 bridgehead atoms. The Morgan fingerprint density at radius 3 is 2.96 bits per heavy atom. The Morgan fingerprint density at radius 2 is 2.20 bits per heavy atom. The molecule has 1 aliphatic heterocycles. The molecule has 0 saturated carbocycles. The summed E-state index contributed by atoms with van der Waals surface area (Å²) in [5.41, 5.74) is 3.44. The van der Waals surface area contributed by atoms with Crippen LogP contribution in [0.15, 0.2) is 34.3 Å². The summed E-state index contributed by atoms with van der Waals surface area (Å²) in [6, 6.07) is 6.24. The van der Waals surface area contributed by atoms with Crippen molar-refractivity contribution in [2.75, 3.05) is 6.79 Å². The highest BCUT2D eigenvalue weighted by Gasteiger charge is 2.20. The van der Waals surface area contributed by atoms with Crippen molar-refractivity contribution in [1.82, 2.24) is 10.3 Å². The van der Waals surface area contributed by atoms with Gasteiger partial charge in [-0.2, -0.15) is 11.3 Å². The molecule has 1 aliphatic rings. The Morgan fingerprint density at radius 1 is 1.28 bits per heavy atom. The molecule has 3 aromatic rings. The zero-order chi connectivity index (χ0) is 17.2. The fourth-order valence-electron chi connectivity index (χ4n) is 2.79. The summed E-state index contributed by atoms with van der Waals surface area (Å²) in [6.07, 6.45) is 0.911. The maximum Gasteiger partial charge on any atom is 0.231 e. The Hall–Kier alpha value is -1.60. The van der Waals surface area contributed by atoms with E-state index in [4.69, 9.17) is 21.1 Å². The number of thiophene rings is 1. The second kappa shape index (κ2) is 7.33. The van der Waals surface area contributed by atoms with Gasteiger partial charge >= 0.3 is 0 Å². The molecule has 0 amide bonds. The molecule has 0 saturated heterocycles. The quantitative estimate of drug-likeness (QED) is 0.643. The van der Waals surface area contributed by atoms with Crippen LogP contribution < -0.4 is 14.8 Å². The number of benzene rings is 1. The van der Waals surface area contributed by atoms with Crippen LogP contribution in [0.3, 0.4) is 0 Å². The fourth-order valence-corrected chi connectivity index (χ4v) is 4.63. The van der Waals surface area contributed by atoms with E-state index in [2.05, 4.69) is 32.5 Å². The first-order chi connectivity index (χ1) is 12.2. The van der Waals surface area contributed by atoms with Gasteiger partial charge in [0.1, 0.15) is 5.01 Å². The maximum atomic E-state index is 6.28. The van der Waals surface area contributed by atoms with Gasteiger partial charge in [-0.3, -0.25) is 0 Å². The number of fused-ring (bicyclic) bond motifs is 1. The maximum absolute atomic E-state index is 6.28. The molecule has 0 fully saturated rings. The van der Waals surface area contributed by atoms with Crippen LogP contribution in [-0.2, 0) is 13.0 Å². The monoisotopic (exact) mass is 392 g/mol. The first kappa shape index (κ1) is 16.8. The third-order valence-corrected chi connectivity index (χ3v) is 6.08. The molecule has 130 valence electrons. The van der Waals surface area contributed by atoms with Crippen molar-refractivity contribution in [2.45, 2.75) is 25.9 Å². The number of aryl methyl sites for hydroxylation is 1. The average molecular weight is 393 g/mol. The smallest absolute Gasteiger partial charge is 0.231 e. The standard InChI is InChI=1S/C18H17ClN2O2S2/c1-11-8-25-18(21-11)15(5-12-2-3-24-9-12)20-7-13-4-14(19)17-16(6-13)22-10-23-17/h2-4,6,8-9,15,20H,5,7,10H2,1H3. The average Bonchev–Trinajstić information content (AvgIpc) is 3.32. The Bertz CT molecular complexity index is 864. The lowest BCUT2D eigenvalue weighted by Gasteiger charge is -2.16. The van der Waals surface area contributed by atoms with Crippen molar-refractivity contribution in [3.05, 3.63) is 61.2 Å². The van der Waals surface area contributed by atoms with Gasteiger partial charge in [-0.15, -0.1) is 11.3 Å². The molecule has 4 rings (SSSR count). The highest BCUT2D eigenvalue weighted by atomic mass is 35.5. The van der Waals surface area contributed by atoms with Crippen LogP contribution in [0, 0.1) is 6.92 Å². The Balaban J connectivity index is 1.52.